The zero-order chi connectivity index (χ0) is 29.7. The minimum Gasteiger partial charge on any atom is -0.475 e. The number of carboxylic acid groups (broad SMARTS) is 1. The summed E-state index contributed by atoms with van der Waals surface area (Å²) in [4.78, 5) is 49.2. The molecule has 0 bridgehead atoms. The number of anilines is 1. The average Bonchev–Trinajstić information content (AvgIpc) is 3.27. The molecule has 2 aliphatic heterocycles. The van der Waals surface area contributed by atoms with Crippen molar-refractivity contribution in [3.63, 3.8) is 0 Å². The molecule has 0 saturated carbocycles. The van der Waals surface area contributed by atoms with Gasteiger partial charge in [0.15, 0.2) is 6.04 Å². The molecule has 0 unspecified atom stereocenters. The van der Waals surface area contributed by atoms with Gasteiger partial charge in [0.25, 0.3) is 12.3 Å². The Hall–Kier alpha value is -3.38. The van der Waals surface area contributed by atoms with Gasteiger partial charge < -0.3 is 25.5 Å². The van der Waals surface area contributed by atoms with E-state index in [0.717, 1.165) is 11.0 Å². The van der Waals surface area contributed by atoms with Crippen LogP contribution in [-0.4, -0.2) is 99.0 Å². The number of carbonyl (C=O) groups excluding carboxylic acids is 3. The Balaban J connectivity index is 0.000000673. The van der Waals surface area contributed by atoms with Crippen LogP contribution >= 0.6 is 0 Å². The molecule has 1 aromatic carbocycles. The molecule has 218 valence electrons. The number of halogens is 5. The Kier molecular flexibility index (Phi) is 10.3. The lowest BCUT2D eigenvalue weighted by atomic mass is 10.1. The predicted octanol–water partition coefficient (Wildman–Crippen LogP) is 0.291. The fraction of sp³-hybridized carbons (Fsp3) is 0.524. The molecule has 3 amide bonds. The van der Waals surface area contributed by atoms with E-state index in [1.807, 2.05) is 16.7 Å². The molecule has 0 aromatic heterocycles. The van der Waals surface area contributed by atoms with Crippen molar-refractivity contribution in [2.75, 3.05) is 44.7 Å². The molecular weight excluding hydrogens is 561 g/mol. The highest BCUT2D eigenvalue weighted by Gasteiger charge is 2.39. The first-order chi connectivity index (χ1) is 18.0. The van der Waals surface area contributed by atoms with Gasteiger partial charge in [-0.15, -0.1) is 0 Å². The van der Waals surface area contributed by atoms with Gasteiger partial charge in [-0.1, -0.05) is 6.07 Å². The first-order valence-corrected chi connectivity index (χ1v) is 12.8. The van der Waals surface area contributed by atoms with Gasteiger partial charge in [-0.25, -0.2) is 22.0 Å². The Morgan fingerprint density at radius 3 is 2.08 bits per heavy atom. The number of hydrogen-bond acceptors (Lipinski definition) is 7. The molecule has 4 N–H and O–H groups in total. The quantitative estimate of drug-likeness (QED) is 0.302. The third kappa shape index (κ3) is 8.06. The molecule has 3 rings (SSSR count). The van der Waals surface area contributed by atoms with Crippen LogP contribution in [-0.2, 0) is 29.2 Å². The van der Waals surface area contributed by atoms with E-state index in [4.69, 9.17) is 15.6 Å². The van der Waals surface area contributed by atoms with Crippen LogP contribution < -0.4 is 15.4 Å². The second-order valence-corrected chi connectivity index (χ2v) is 10.2. The number of primary amides is 1. The summed E-state index contributed by atoms with van der Waals surface area (Å²) in [6.45, 7) is 1.74. The topological polar surface area (TPSA) is 170 Å². The van der Waals surface area contributed by atoms with Gasteiger partial charge in [0.1, 0.15) is 0 Å². The van der Waals surface area contributed by atoms with E-state index >= 15 is 0 Å². The molecule has 0 radical (unpaired) electrons. The largest absolute Gasteiger partial charge is 0.490 e. The Morgan fingerprint density at radius 2 is 1.64 bits per heavy atom. The van der Waals surface area contributed by atoms with Crippen LogP contribution in [0.1, 0.15) is 24.8 Å². The molecule has 0 spiro atoms. The first kappa shape index (κ1) is 31.8. The van der Waals surface area contributed by atoms with E-state index in [1.165, 1.54) is 17.0 Å². The summed E-state index contributed by atoms with van der Waals surface area (Å²) in [5, 5.41) is 7.12. The third-order valence-corrected chi connectivity index (χ3v) is 7.26. The van der Waals surface area contributed by atoms with Crippen molar-refractivity contribution in [3.8, 4) is 0 Å². The molecule has 12 nitrogen and oxygen atoms in total. The van der Waals surface area contributed by atoms with Crippen molar-refractivity contribution in [2.24, 2.45) is 5.73 Å². The number of benzene rings is 1. The van der Waals surface area contributed by atoms with E-state index in [9.17, 15) is 44.8 Å². The van der Waals surface area contributed by atoms with E-state index in [0.29, 0.717) is 19.5 Å². The first-order valence-electron chi connectivity index (χ1n) is 11.3. The normalized spacial score (nSPS) is 17.6. The minimum atomic E-state index is -5.08. The number of sulfonamides is 1. The highest BCUT2D eigenvalue weighted by Crippen LogP contribution is 2.37. The molecule has 2 saturated heterocycles. The SMILES string of the molecule is CN1CCN(C(=O)[C@@H](NS(=O)(=O)c2cccc(N3CCCC3=O)c2C(F)F)C(N)=O)CC1.O=C(O)C(F)(F)F. The predicted molar refractivity (Wildman–Crippen MR) is 124 cm³/mol. The maximum Gasteiger partial charge on any atom is 0.490 e. The summed E-state index contributed by atoms with van der Waals surface area (Å²) in [7, 11) is -2.92. The van der Waals surface area contributed by atoms with Crippen LogP contribution in [0.15, 0.2) is 23.1 Å². The highest BCUT2D eigenvalue weighted by molar-refractivity contribution is 7.89. The number of nitrogens with zero attached hydrogens (tertiary/aromatic N) is 3. The van der Waals surface area contributed by atoms with E-state index in [-0.39, 0.29) is 31.7 Å². The summed E-state index contributed by atoms with van der Waals surface area (Å²) in [6.07, 6.45) is -7.69. The molecule has 1 atom stereocenters. The number of alkyl halides is 5. The number of rotatable bonds is 7. The van der Waals surface area contributed by atoms with Gasteiger partial charge >= 0.3 is 12.1 Å². The Bertz CT molecular complexity index is 1200. The van der Waals surface area contributed by atoms with Gasteiger partial charge in [-0.05, 0) is 25.6 Å². The monoisotopic (exact) mass is 587 g/mol. The van der Waals surface area contributed by atoms with E-state index < -0.39 is 62.8 Å². The number of hydrogen-bond donors (Lipinski definition) is 3. The van der Waals surface area contributed by atoms with Crippen molar-refractivity contribution in [2.45, 2.75) is 36.4 Å². The smallest absolute Gasteiger partial charge is 0.475 e. The van der Waals surface area contributed by atoms with Crippen molar-refractivity contribution < 1.29 is 54.7 Å². The average molecular weight is 588 g/mol. The second kappa shape index (κ2) is 12.6. The number of piperazine rings is 1. The number of amides is 3. The van der Waals surface area contributed by atoms with Crippen LogP contribution in [0.4, 0.5) is 27.6 Å². The lowest BCUT2D eigenvalue weighted by Crippen LogP contribution is -2.58. The molecular formula is C21H26F5N5O7S. The highest BCUT2D eigenvalue weighted by atomic mass is 32.2. The maximum atomic E-state index is 14.0. The van der Waals surface area contributed by atoms with Crippen LogP contribution in [0.5, 0.6) is 0 Å². The van der Waals surface area contributed by atoms with E-state index in [2.05, 4.69) is 0 Å². The van der Waals surface area contributed by atoms with Gasteiger partial charge in [0, 0.05) is 39.1 Å². The van der Waals surface area contributed by atoms with E-state index in [1.54, 1.807) is 0 Å². The van der Waals surface area contributed by atoms with Crippen LogP contribution in [0.2, 0.25) is 0 Å². The summed E-state index contributed by atoms with van der Waals surface area (Å²) < 4.78 is 87.6. The van der Waals surface area contributed by atoms with Gasteiger partial charge in [-0.2, -0.15) is 17.9 Å². The zero-order valence-electron chi connectivity index (χ0n) is 20.5. The third-order valence-electron chi connectivity index (χ3n) is 5.78. The van der Waals surface area contributed by atoms with Gasteiger partial charge in [0.05, 0.1) is 16.1 Å². The number of nitrogens with two attached hydrogens (primary N) is 1. The van der Waals surface area contributed by atoms with Gasteiger partial charge in [-0.3, -0.25) is 14.4 Å². The number of nitrogens with one attached hydrogen (secondary N) is 1. The Morgan fingerprint density at radius 1 is 1.08 bits per heavy atom. The van der Waals surface area contributed by atoms with Crippen molar-refractivity contribution in [1.82, 2.24) is 14.5 Å². The summed E-state index contributed by atoms with van der Waals surface area (Å²) in [5.74, 6) is -5.25. The van der Waals surface area contributed by atoms with Crippen molar-refractivity contribution in [3.05, 3.63) is 23.8 Å². The molecule has 2 aliphatic rings. The molecule has 1 aromatic rings. The summed E-state index contributed by atoms with van der Waals surface area (Å²) in [5.41, 5.74) is 4.19. The number of carbonyl (C=O) groups is 4. The summed E-state index contributed by atoms with van der Waals surface area (Å²) in [6, 6.07) is 1.45. The van der Waals surface area contributed by atoms with Gasteiger partial charge in [0.2, 0.25) is 21.8 Å². The lowest BCUT2D eigenvalue weighted by Gasteiger charge is -2.34. The fourth-order valence-corrected chi connectivity index (χ4v) is 5.18. The summed E-state index contributed by atoms with van der Waals surface area (Å²) >= 11 is 0. The standard InChI is InChI=1S/C19H25F2N5O5S.C2HF3O2/c1-24-8-10-25(11-9-24)19(29)16(18(22)28)23-32(30,31)13-5-2-4-12(15(13)17(20)21)26-7-3-6-14(26)27;3-2(4,5)1(6)7/h2,4-5,16-17,23H,3,6-11H2,1H3,(H2,22,28);(H,6,7)/t16-;/m0./s1. The van der Waals surface area contributed by atoms with Crippen molar-refractivity contribution >= 4 is 39.4 Å². The fourth-order valence-electron chi connectivity index (χ4n) is 3.78. The van der Waals surface area contributed by atoms with Crippen molar-refractivity contribution in [1.29, 1.82) is 0 Å². The maximum absolute atomic E-state index is 14.0. The number of carboxylic acids is 1. The lowest BCUT2D eigenvalue weighted by molar-refractivity contribution is -0.192. The number of aliphatic carboxylic acids is 1. The number of likely N-dealkylation sites (N-methyl/N-ethyl adjacent to an activating group) is 1. The zero-order valence-corrected chi connectivity index (χ0v) is 21.3. The van der Waals surface area contributed by atoms with Crippen LogP contribution in [0.3, 0.4) is 0 Å². The second-order valence-electron chi connectivity index (χ2n) is 8.53. The van der Waals surface area contributed by atoms with Crippen LogP contribution in [0.25, 0.3) is 0 Å². The molecule has 18 heteroatoms. The Labute approximate surface area is 219 Å². The molecule has 0 aliphatic carbocycles. The minimum absolute atomic E-state index is 0.168. The molecule has 2 heterocycles. The molecule has 39 heavy (non-hydrogen) atoms. The molecule has 2 fully saturated rings. The van der Waals surface area contributed by atoms with Crippen LogP contribution in [0, 0.1) is 0 Å².